The van der Waals surface area contributed by atoms with Gasteiger partial charge in [-0.25, -0.2) is 0 Å². The fraction of sp³-hybridized carbons (Fsp3) is 0.978. The van der Waals surface area contributed by atoms with E-state index >= 15 is 0 Å². The van der Waals surface area contributed by atoms with E-state index in [0.717, 1.165) is 6.21 Å². The molecule has 21 aliphatic rings. The van der Waals surface area contributed by atoms with Gasteiger partial charge in [0.1, 0.15) is 171 Å². The maximum Gasteiger partial charge on any atom is 0.187 e. The average molecular weight is 1170 g/mol. The van der Waals surface area contributed by atoms with Gasteiger partial charge in [-0.15, -0.1) is 0 Å². The molecule has 0 aromatic rings. The third-order valence-corrected chi connectivity index (χ3v) is 15.1. The van der Waals surface area contributed by atoms with Gasteiger partial charge in [0.25, 0.3) is 0 Å². The van der Waals surface area contributed by atoms with Gasteiger partial charge in [0, 0.05) is 12.3 Å². The molecule has 35 heteroatoms. The van der Waals surface area contributed by atoms with E-state index in [1.807, 2.05) is 0 Å². The van der Waals surface area contributed by atoms with Gasteiger partial charge in [0.2, 0.25) is 0 Å². The van der Waals surface area contributed by atoms with Crippen molar-refractivity contribution in [2.45, 2.75) is 235 Å². The average Bonchev–Trinajstić information content (AvgIpc) is 3.54. The lowest BCUT2D eigenvalue weighted by atomic mass is 9.95. The van der Waals surface area contributed by atoms with Crippen LogP contribution in [0.4, 0.5) is 0 Å². The van der Waals surface area contributed by atoms with Crippen molar-refractivity contribution in [1.82, 2.24) is 0 Å². The van der Waals surface area contributed by atoms with Gasteiger partial charge < -0.3 is 168 Å². The standard InChI is InChI=1S/C45H75NO34/c1-10(2)46-3-11-32-18(53)25(60)39(67-11)75-33-12(4-47)69-41(27(62)20(33)55)77-35-14(6-49)71-43(29(64)22(35)57)79-37-16(8-51)73-45(31(66)24(37)59)80-38-17(9-52)72-44(30(65)23(38)58)78-36-15(7-50)70-42(28(63)21(36)56)76-34-13(5-48)68-40(74-32)26(61)19(34)54/h3,10-45,47-66H,4-9H2,1-2H3/t11-,12-,13-,14-,15-,16-,17-,18-,19-,20-,21-,22-,23-,24-,25-,26-,27-,28-,29-,30-,31-,32-,33-,34-,35-,36-,37-,38-,39-,40-,41-,42-,43-,44-,45-/m1/s1. The van der Waals surface area contributed by atoms with Crippen LogP contribution in [0.5, 0.6) is 0 Å². The molecule has 0 saturated carbocycles. The summed E-state index contributed by atoms with van der Waals surface area (Å²) < 4.78 is 80.6. The van der Waals surface area contributed by atoms with Crippen molar-refractivity contribution in [3.8, 4) is 0 Å². The summed E-state index contributed by atoms with van der Waals surface area (Å²) in [5.41, 5.74) is 0. The molecule has 14 bridgehead atoms. The first-order valence-corrected chi connectivity index (χ1v) is 25.9. The van der Waals surface area contributed by atoms with Crippen LogP contribution in [0.1, 0.15) is 13.8 Å². The fourth-order valence-electron chi connectivity index (χ4n) is 10.6. The molecule has 20 N–H and O–H groups in total. The van der Waals surface area contributed by atoms with Crippen molar-refractivity contribution in [2.24, 2.45) is 4.99 Å². The molecule has 21 heterocycles. The molecule has 21 saturated heterocycles. The summed E-state index contributed by atoms with van der Waals surface area (Å²) in [4.78, 5) is 4.25. The van der Waals surface area contributed by atoms with Crippen molar-refractivity contribution < 1.29 is 168 Å². The molecule has 21 fully saturated rings. The molecule has 0 aromatic heterocycles. The number of rotatable bonds is 8. The Morgan fingerprint density at radius 1 is 0.263 bits per heavy atom. The number of hydrogen-bond donors (Lipinski definition) is 20. The number of aliphatic hydroxyl groups excluding tert-OH is 20. The number of aliphatic imine (C=N–C) groups is 1. The van der Waals surface area contributed by atoms with Gasteiger partial charge in [0.15, 0.2) is 44.0 Å². The molecule has 0 unspecified atom stereocenters. The second-order valence-corrected chi connectivity index (χ2v) is 20.8. The molecular weight excluding hydrogens is 1100 g/mol. The van der Waals surface area contributed by atoms with E-state index in [0.29, 0.717) is 0 Å². The van der Waals surface area contributed by atoms with Crippen LogP contribution in [0.15, 0.2) is 4.99 Å². The summed E-state index contributed by atoms with van der Waals surface area (Å²) in [5.74, 6) is 0. The normalized spacial score (nSPS) is 53.9. The van der Waals surface area contributed by atoms with Gasteiger partial charge in [0.05, 0.1) is 39.6 Å². The van der Waals surface area contributed by atoms with E-state index < -0.39 is 261 Å². The molecule has 35 nitrogen and oxygen atoms in total. The zero-order valence-electron chi connectivity index (χ0n) is 42.7. The quantitative estimate of drug-likeness (QED) is 0.100. The lowest BCUT2D eigenvalue weighted by Crippen LogP contribution is -2.68. The highest BCUT2D eigenvalue weighted by Crippen LogP contribution is 2.39. The van der Waals surface area contributed by atoms with E-state index in [2.05, 4.69) is 4.99 Å². The maximum absolute atomic E-state index is 11.6. The summed E-state index contributed by atoms with van der Waals surface area (Å²) in [6.45, 7) is -2.92. The number of nitrogens with zero attached hydrogens (tertiary/aromatic N) is 1. The SMILES string of the molecule is CC(C)N=C[C@H]1O[C@@H]2O[C@H]3[C@H](O)[C@@H](O)[C@@H](O[C@H]4[C@H](O)[C@@H](O)[C@@H](O[C@H]5[C@H](O)[C@@H](O)[C@@H](O[C@H]6[C@H](O)[C@@H](O)[C@@H](O[C@H]7[C@H](O)[C@@H](O)[C@@H](O[C@H]8[C@H](O)[C@@H](O)[C@@H](O[C@H]1[C@H](O)[C@H]2O)O[C@@H]8CO)O[C@@H]7CO)O[C@@H]6CO)O[C@@H]5CO)O[C@@H]4CO)O[C@@H]3CO. The largest absolute Gasteiger partial charge is 0.394 e. The first-order chi connectivity index (χ1) is 38.0. The summed E-state index contributed by atoms with van der Waals surface area (Å²) in [5, 5.41) is 222. The monoisotopic (exact) mass is 1170 g/mol. The van der Waals surface area contributed by atoms with Crippen LogP contribution in [-0.2, 0) is 66.3 Å². The molecule has 0 aromatic carbocycles. The Hall–Kier alpha value is -1.69. The summed E-state index contributed by atoms with van der Waals surface area (Å²) >= 11 is 0. The molecule has 80 heavy (non-hydrogen) atoms. The van der Waals surface area contributed by atoms with E-state index in [4.69, 9.17) is 66.3 Å². The van der Waals surface area contributed by atoms with Gasteiger partial charge in [-0.1, -0.05) is 0 Å². The van der Waals surface area contributed by atoms with Crippen molar-refractivity contribution in [1.29, 1.82) is 0 Å². The molecule has 0 amide bonds. The van der Waals surface area contributed by atoms with Crippen LogP contribution in [0.25, 0.3) is 0 Å². The van der Waals surface area contributed by atoms with Crippen LogP contribution in [0, 0.1) is 0 Å². The number of aliphatic hydroxyl groups is 20. The summed E-state index contributed by atoms with van der Waals surface area (Å²) in [6.07, 6.45) is -68.3. The molecular formula is C45H75NO34. The Labute approximate surface area is 453 Å². The Morgan fingerprint density at radius 2 is 0.438 bits per heavy atom. The van der Waals surface area contributed by atoms with E-state index in [1.54, 1.807) is 13.8 Å². The molecule has 21 aliphatic heterocycles. The van der Waals surface area contributed by atoms with Crippen LogP contribution in [0.2, 0.25) is 0 Å². The summed E-state index contributed by atoms with van der Waals surface area (Å²) in [6, 6.07) is -0.454. The van der Waals surface area contributed by atoms with E-state index in [-0.39, 0.29) is 0 Å². The Morgan fingerprint density at radius 3 is 0.625 bits per heavy atom. The highest BCUT2D eigenvalue weighted by atomic mass is 16.8. The minimum absolute atomic E-state index is 0.454. The zero-order valence-corrected chi connectivity index (χ0v) is 42.7. The van der Waals surface area contributed by atoms with Gasteiger partial charge in [-0.2, -0.15) is 0 Å². The lowest BCUT2D eigenvalue weighted by Gasteiger charge is -2.50. The topological polar surface area (TPSA) is 546 Å². The Balaban J connectivity index is 1.09. The minimum atomic E-state index is -2.20. The second-order valence-electron chi connectivity index (χ2n) is 20.8. The molecule has 21 rings (SSSR count). The molecule has 464 valence electrons. The smallest absolute Gasteiger partial charge is 0.187 e. The molecule has 35 atom stereocenters. The predicted molar refractivity (Wildman–Crippen MR) is 245 cm³/mol. The lowest BCUT2D eigenvalue weighted by molar-refractivity contribution is -0.396. The van der Waals surface area contributed by atoms with Gasteiger partial charge in [-0.05, 0) is 13.8 Å². The number of ether oxygens (including phenoxy) is 14. The van der Waals surface area contributed by atoms with Crippen LogP contribution < -0.4 is 0 Å². The Kier molecular flexibility index (Phi) is 22.0. The zero-order chi connectivity index (χ0) is 58.3. The van der Waals surface area contributed by atoms with Gasteiger partial charge >= 0.3 is 0 Å². The highest BCUT2D eigenvalue weighted by molar-refractivity contribution is 5.64. The predicted octanol–water partition coefficient (Wildman–Crippen LogP) is -13.7. The third kappa shape index (κ3) is 12.9. The molecule has 0 spiro atoms. The fourth-order valence-corrected chi connectivity index (χ4v) is 10.6. The molecule has 0 aliphatic carbocycles. The van der Waals surface area contributed by atoms with E-state index in [1.165, 1.54) is 0 Å². The highest BCUT2D eigenvalue weighted by Gasteiger charge is 2.59. The molecule has 0 radical (unpaired) electrons. The van der Waals surface area contributed by atoms with Crippen molar-refractivity contribution in [3.63, 3.8) is 0 Å². The van der Waals surface area contributed by atoms with E-state index in [9.17, 15) is 102 Å². The minimum Gasteiger partial charge on any atom is -0.394 e. The Bertz CT molecular complexity index is 1940. The maximum atomic E-state index is 11.6. The van der Waals surface area contributed by atoms with Crippen LogP contribution >= 0.6 is 0 Å². The van der Waals surface area contributed by atoms with Gasteiger partial charge in [-0.3, -0.25) is 4.99 Å². The first kappa shape index (κ1) is 64.3. The van der Waals surface area contributed by atoms with Crippen molar-refractivity contribution in [2.75, 3.05) is 39.6 Å². The van der Waals surface area contributed by atoms with Crippen LogP contribution in [-0.4, -0.2) is 369 Å². The first-order valence-electron chi connectivity index (χ1n) is 25.9. The summed E-state index contributed by atoms with van der Waals surface area (Å²) in [7, 11) is 0. The second kappa shape index (κ2) is 27.3. The number of hydrogen-bond acceptors (Lipinski definition) is 35. The van der Waals surface area contributed by atoms with Crippen LogP contribution in [0.3, 0.4) is 0 Å². The van der Waals surface area contributed by atoms with Crippen molar-refractivity contribution >= 4 is 6.21 Å². The third-order valence-electron chi connectivity index (χ3n) is 15.1. The van der Waals surface area contributed by atoms with Crippen molar-refractivity contribution in [3.05, 3.63) is 0 Å².